The van der Waals surface area contributed by atoms with Crippen LogP contribution in [0, 0.1) is 27.7 Å². The van der Waals surface area contributed by atoms with E-state index >= 15 is 0 Å². The van der Waals surface area contributed by atoms with Crippen molar-refractivity contribution in [3.63, 3.8) is 0 Å². The molecule has 0 atom stereocenters. The summed E-state index contributed by atoms with van der Waals surface area (Å²) in [6, 6.07) is 0. The highest BCUT2D eigenvalue weighted by Crippen LogP contribution is 2.20. The normalized spacial score (nSPS) is 11.1. The van der Waals surface area contributed by atoms with Crippen molar-refractivity contribution in [3.05, 3.63) is 39.5 Å². The molecule has 7 heteroatoms. The molecular formula is C17H23N3O4. The van der Waals surface area contributed by atoms with E-state index in [-0.39, 0.29) is 12.3 Å². The lowest BCUT2D eigenvalue weighted by molar-refractivity contribution is 0.0599. The molecule has 2 aromatic heterocycles. The average molecular weight is 333 g/mol. The molecule has 0 saturated carbocycles. The summed E-state index contributed by atoms with van der Waals surface area (Å²) >= 11 is 0. The monoisotopic (exact) mass is 333 g/mol. The first-order valence-electron chi connectivity index (χ1n) is 7.67. The number of Topliss-reactive ketones (excluding diaryl/α,β-unsaturated/α-hetero) is 1. The first kappa shape index (κ1) is 17.9. The van der Waals surface area contributed by atoms with Gasteiger partial charge < -0.3 is 14.2 Å². The van der Waals surface area contributed by atoms with E-state index in [1.807, 2.05) is 25.8 Å². The van der Waals surface area contributed by atoms with Gasteiger partial charge in [-0.05, 0) is 40.3 Å². The van der Waals surface area contributed by atoms with Gasteiger partial charge in [0.15, 0.2) is 5.78 Å². The van der Waals surface area contributed by atoms with Crippen LogP contribution < -0.4 is 0 Å². The fourth-order valence-corrected chi connectivity index (χ4v) is 2.81. The Balaban J connectivity index is 2.14. The van der Waals surface area contributed by atoms with Crippen molar-refractivity contribution in [1.82, 2.24) is 15.0 Å². The molecule has 0 fully saturated rings. The third-order valence-electron chi connectivity index (χ3n) is 4.13. The number of aryl methyl sites for hydroxylation is 3. The van der Waals surface area contributed by atoms with Crippen molar-refractivity contribution in [2.24, 2.45) is 0 Å². The van der Waals surface area contributed by atoms with Gasteiger partial charge in [0, 0.05) is 17.8 Å². The van der Waals surface area contributed by atoms with Crippen molar-refractivity contribution in [3.8, 4) is 0 Å². The van der Waals surface area contributed by atoms with E-state index in [4.69, 9.17) is 9.26 Å². The van der Waals surface area contributed by atoms with Gasteiger partial charge in [-0.1, -0.05) is 5.16 Å². The number of H-pyrrole nitrogens is 1. The number of aromatic nitrogens is 2. The Hall–Kier alpha value is -2.41. The number of nitrogens with zero attached hydrogens (tertiary/aromatic N) is 2. The van der Waals surface area contributed by atoms with E-state index in [1.54, 1.807) is 13.8 Å². The van der Waals surface area contributed by atoms with Crippen LogP contribution in [-0.2, 0) is 11.3 Å². The van der Waals surface area contributed by atoms with Gasteiger partial charge in [-0.2, -0.15) is 0 Å². The van der Waals surface area contributed by atoms with E-state index in [0.29, 0.717) is 29.1 Å². The van der Waals surface area contributed by atoms with Gasteiger partial charge in [0.1, 0.15) is 5.76 Å². The minimum atomic E-state index is -0.440. The molecule has 2 aromatic rings. The summed E-state index contributed by atoms with van der Waals surface area (Å²) in [4.78, 5) is 29.3. The summed E-state index contributed by atoms with van der Waals surface area (Å²) in [5, 5.41) is 3.92. The number of hydrogen-bond donors (Lipinski definition) is 1. The maximum atomic E-state index is 12.6. The summed E-state index contributed by atoms with van der Waals surface area (Å²) in [5.41, 5.74) is 3.94. The highest BCUT2D eigenvalue weighted by atomic mass is 16.5. The topological polar surface area (TPSA) is 88.4 Å². The Bertz CT molecular complexity index is 754. The molecule has 2 heterocycles. The lowest BCUT2D eigenvalue weighted by atomic mass is 10.1. The Morgan fingerprint density at radius 2 is 1.92 bits per heavy atom. The van der Waals surface area contributed by atoms with Crippen LogP contribution in [-0.4, -0.2) is 47.5 Å². The highest BCUT2D eigenvalue weighted by molar-refractivity contribution is 6.02. The quantitative estimate of drug-likeness (QED) is 0.645. The molecule has 0 aliphatic rings. The molecule has 1 N–H and O–H groups in total. The zero-order valence-corrected chi connectivity index (χ0v) is 14.9. The van der Waals surface area contributed by atoms with Crippen LogP contribution in [0.4, 0.5) is 0 Å². The number of methoxy groups -OCH3 is 1. The third-order valence-corrected chi connectivity index (χ3v) is 4.13. The molecule has 7 nitrogen and oxygen atoms in total. The Kier molecular flexibility index (Phi) is 5.23. The van der Waals surface area contributed by atoms with Crippen molar-refractivity contribution in [2.45, 2.75) is 34.2 Å². The third kappa shape index (κ3) is 3.41. The lowest BCUT2D eigenvalue weighted by Gasteiger charge is -2.15. The predicted octanol–water partition coefficient (Wildman–Crippen LogP) is 2.34. The van der Waals surface area contributed by atoms with Crippen LogP contribution >= 0.6 is 0 Å². The van der Waals surface area contributed by atoms with E-state index in [0.717, 1.165) is 17.0 Å². The van der Waals surface area contributed by atoms with Gasteiger partial charge in [0.05, 0.1) is 30.6 Å². The number of hydrogen-bond acceptors (Lipinski definition) is 6. The van der Waals surface area contributed by atoms with E-state index in [1.165, 1.54) is 7.11 Å². The highest BCUT2D eigenvalue weighted by Gasteiger charge is 2.23. The summed E-state index contributed by atoms with van der Waals surface area (Å²) < 4.78 is 9.91. The number of nitrogens with one attached hydrogen (secondary N) is 1. The molecule has 2 rings (SSSR count). The molecule has 0 aliphatic heterocycles. The van der Waals surface area contributed by atoms with Crippen LogP contribution in [0.15, 0.2) is 4.52 Å². The van der Waals surface area contributed by atoms with Gasteiger partial charge in [0.25, 0.3) is 0 Å². The molecule has 0 saturated heterocycles. The number of ketones is 1. The number of esters is 1. The molecule has 130 valence electrons. The predicted molar refractivity (Wildman–Crippen MR) is 88.2 cm³/mol. The Morgan fingerprint density at radius 1 is 1.25 bits per heavy atom. The van der Waals surface area contributed by atoms with Gasteiger partial charge in [-0.3, -0.25) is 9.69 Å². The maximum Gasteiger partial charge on any atom is 0.339 e. The molecule has 0 unspecified atom stereocenters. The maximum absolute atomic E-state index is 12.6. The number of carbonyl (C=O) groups excluding carboxylic acids is 2. The van der Waals surface area contributed by atoms with Crippen LogP contribution in [0.2, 0.25) is 0 Å². The van der Waals surface area contributed by atoms with Crippen LogP contribution in [0.3, 0.4) is 0 Å². The summed E-state index contributed by atoms with van der Waals surface area (Å²) in [7, 11) is 3.18. The number of aromatic amines is 1. The molecule has 24 heavy (non-hydrogen) atoms. The number of carbonyl (C=O) groups is 2. The van der Waals surface area contributed by atoms with E-state index in [2.05, 4.69) is 10.1 Å². The van der Waals surface area contributed by atoms with E-state index < -0.39 is 5.97 Å². The van der Waals surface area contributed by atoms with Crippen LogP contribution in [0.25, 0.3) is 0 Å². The largest absolute Gasteiger partial charge is 0.465 e. The summed E-state index contributed by atoms with van der Waals surface area (Å²) in [6.45, 7) is 8.01. The van der Waals surface area contributed by atoms with Gasteiger partial charge in [0.2, 0.25) is 0 Å². The van der Waals surface area contributed by atoms with Gasteiger partial charge >= 0.3 is 5.97 Å². The first-order valence-corrected chi connectivity index (χ1v) is 7.67. The Morgan fingerprint density at radius 3 is 2.46 bits per heavy atom. The summed E-state index contributed by atoms with van der Waals surface area (Å²) in [5.74, 6) is 0.232. The molecule has 0 spiro atoms. The molecular weight excluding hydrogens is 310 g/mol. The van der Waals surface area contributed by atoms with Crippen molar-refractivity contribution in [1.29, 1.82) is 0 Å². The number of rotatable bonds is 6. The zero-order valence-electron chi connectivity index (χ0n) is 14.9. The molecule has 0 amide bonds. The van der Waals surface area contributed by atoms with E-state index in [9.17, 15) is 9.59 Å². The van der Waals surface area contributed by atoms with Crippen molar-refractivity contribution in [2.75, 3.05) is 20.7 Å². The minimum absolute atomic E-state index is 0.0833. The molecule has 0 bridgehead atoms. The molecule has 0 radical (unpaired) electrons. The van der Waals surface area contributed by atoms with Crippen molar-refractivity contribution >= 4 is 11.8 Å². The number of likely N-dealkylation sites (N-methyl/N-ethyl adjacent to an activating group) is 1. The first-order chi connectivity index (χ1) is 11.3. The fourth-order valence-electron chi connectivity index (χ4n) is 2.81. The average Bonchev–Trinajstić information content (AvgIpc) is 2.99. The molecule has 0 aliphatic carbocycles. The fraction of sp³-hybridized carbons (Fsp3) is 0.471. The zero-order chi connectivity index (χ0) is 18.0. The van der Waals surface area contributed by atoms with Crippen LogP contribution in [0.5, 0.6) is 0 Å². The smallest absolute Gasteiger partial charge is 0.339 e. The lowest BCUT2D eigenvalue weighted by Crippen LogP contribution is -2.26. The van der Waals surface area contributed by atoms with Gasteiger partial charge in [-0.15, -0.1) is 0 Å². The van der Waals surface area contributed by atoms with Crippen LogP contribution in [0.1, 0.15) is 49.1 Å². The molecule has 0 aromatic carbocycles. The number of ether oxygens (including phenoxy) is 1. The Labute approximate surface area is 141 Å². The van der Waals surface area contributed by atoms with Gasteiger partial charge in [-0.25, -0.2) is 4.79 Å². The minimum Gasteiger partial charge on any atom is -0.465 e. The van der Waals surface area contributed by atoms with Crippen molar-refractivity contribution < 1.29 is 18.8 Å². The second kappa shape index (κ2) is 7.00. The second-order valence-corrected chi connectivity index (χ2v) is 6.01. The standard InChI is InChI=1S/C17H23N3O4/c1-9-15(17(22)23-6)11(3)18-16(9)14(21)8-20(5)7-13-10(2)19-24-12(13)4/h18H,7-8H2,1-6H3. The second-order valence-electron chi connectivity index (χ2n) is 6.01. The SMILES string of the molecule is COC(=O)c1c(C)[nH]c(C(=O)CN(C)Cc2c(C)noc2C)c1C. The summed E-state index contributed by atoms with van der Waals surface area (Å²) in [6.07, 6.45) is 0.